The number of aromatic nitrogens is 2. The van der Waals surface area contributed by atoms with Gasteiger partial charge < -0.3 is 10.1 Å². The molecule has 152 valence electrons. The van der Waals surface area contributed by atoms with Crippen molar-refractivity contribution in [2.45, 2.75) is 52.1 Å². The molecule has 1 aromatic heterocycles. The van der Waals surface area contributed by atoms with E-state index in [1.165, 1.54) is 16.9 Å². The first-order valence-electron chi connectivity index (χ1n) is 9.38. The number of amides is 1. The Labute approximate surface area is 160 Å². The minimum Gasteiger partial charge on any atom is -0.464 e. The molecule has 0 radical (unpaired) electrons. The Kier molecular flexibility index (Phi) is 7.41. The summed E-state index contributed by atoms with van der Waals surface area (Å²) >= 11 is 0. The van der Waals surface area contributed by atoms with Crippen molar-refractivity contribution in [2.75, 3.05) is 18.6 Å². The number of nitrogens with one attached hydrogen (secondary N) is 1. The summed E-state index contributed by atoms with van der Waals surface area (Å²) in [5.74, 6) is -0.323. The zero-order valence-electron chi connectivity index (χ0n) is 16.2. The van der Waals surface area contributed by atoms with Crippen molar-refractivity contribution in [1.82, 2.24) is 15.1 Å². The van der Waals surface area contributed by atoms with Crippen LogP contribution in [0.2, 0.25) is 0 Å². The predicted molar refractivity (Wildman–Crippen MR) is 101 cm³/mol. The average molecular weight is 400 g/mol. The smallest absolute Gasteiger partial charge is 0.328 e. The lowest BCUT2D eigenvalue weighted by Gasteiger charge is -2.31. The van der Waals surface area contributed by atoms with Crippen LogP contribution in [-0.2, 0) is 25.9 Å². The van der Waals surface area contributed by atoms with E-state index >= 15 is 0 Å². The van der Waals surface area contributed by atoms with E-state index in [4.69, 9.17) is 4.74 Å². The third kappa shape index (κ3) is 6.34. The molecule has 1 atom stereocenters. The number of ether oxygens (including phenoxy) is 1. The molecule has 1 aliphatic carbocycles. The number of esters is 1. The fourth-order valence-electron chi connectivity index (χ4n) is 3.39. The minimum absolute atomic E-state index is 0.0385. The van der Waals surface area contributed by atoms with Gasteiger partial charge in [-0.2, -0.15) is 5.10 Å². The fourth-order valence-corrected chi connectivity index (χ4v) is 3.90. The molecule has 0 bridgehead atoms. The Morgan fingerprint density at radius 2 is 2.00 bits per heavy atom. The van der Waals surface area contributed by atoms with Gasteiger partial charge in [-0.3, -0.25) is 9.48 Å². The molecule has 1 aromatic rings. The first-order chi connectivity index (χ1) is 12.7. The van der Waals surface area contributed by atoms with Crippen LogP contribution in [0.1, 0.15) is 50.0 Å². The second-order valence-corrected chi connectivity index (χ2v) is 9.55. The summed E-state index contributed by atoms with van der Waals surface area (Å²) in [6.07, 6.45) is 6.33. The molecule has 0 unspecified atom stereocenters. The number of hydrogen-bond donors (Lipinski definition) is 1. The lowest BCUT2D eigenvalue weighted by atomic mass is 9.79. The second-order valence-electron chi connectivity index (χ2n) is 7.29. The predicted octanol–water partition coefficient (Wildman–Crippen LogP) is 1.42. The number of sulfone groups is 1. The third-order valence-electron chi connectivity index (χ3n) is 4.98. The van der Waals surface area contributed by atoms with E-state index in [9.17, 15) is 18.0 Å². The molecule has 8 nitrogen and oxygen atoms in total. The summed E-state index contributed by atoms with van der Waals surface area (Å²) in [5, 5.41) is 6.83. The highest BCUT2D eigenvalue weighted by atomic mass is 32.2. The summed E-state index contributed by atoms with van der Waals surface area (Å²) < 4.78 is 29.3. The van der Waals surface area contributed by atoms with Crippen molar-refractivity contribution in [3.63, 3.8) is 0 Å². The van der Waals surface area contributed by atoms with Gasteiger partial charge in [0.05, 0.1) is 18.9 Å². The van der Waals surface area contributed by atoms with Crippen LogP contribution in [0.15, 0.2) is 12.3 Å². The van der Waals surface area contributed by atoms with Crippen LogP contribution in [0, 0.1) is 11.8 Å². The van der Waals surface area contributed by atoms with Gasteiger partial charge in [0, 0.05) is 12.5 Å². The Hall–Kier alpha value is -1.90. The SMILES string of the molecule is CCOC(=O)[C@@H](NC(=O)c1ccnn1CCS(C)(=O)=O)[C@H]1CC[C@H](C)CC1. The van der Waals surface area contributed by atoms with Crippen molar-refractivity contribution in [1.29, 1.82) is 0 Å². The minimum atomic E-state index is -3.18. The van der Waals surface area contributed by atoms with Crippen molar-refractivity contribution < 1.29 is 22.7 Å². The van der Waals surface area contributed by atoms with Crippen LogP contribution in [0.3, 0.4) is 0 Å². The number of rotatable bonds is 8. The van der Waals surface area contributed by atoms with Gasteiger partial charge in [0.25, 0.3) is 5.91 Å². The second kappa shape index (κ2) is 9.34. The zero-order chi connectivity index (χ0) is 20.0. The standard InChI is InChI=1S/C18H29N3O5S/c1-4-26-18(23)16(14-7-5-13(2)6-8-14)20-17(22)15-9-10-19-21(15)11-12-27(3,24)25/h9-10,13-14,16H,4-8,11-12H2,1-3H3,(H,20,22)/t13-,14-,16-/m0/s1. The number of nitrogens with zero attached hydrogens (tertiary/aromatic N) is 2. The van der Waals surface area contributed by atoms with Crippen LogP contribution in [0.5, 0.6) is 0 Å². The molecule has 0 saturated heterocycles. The monoisotopic (exact) mass is 399 g/mol. The topological polar surface area (TPSA) is 107 Å². The van der Waals surface area contributed by atoms with Crippen LogP contribution < -0.4 is 5.32 Å². The lowest BCUT2D eigenvalue weighted by Crippen LogP contribution is -2.48. The van der Waals surface area contributed by atoms with Crippen LogP contribution in [0.4, 0.5) is 0 Å². The summed E-state index contributed by atoms with van der Waals surface area (Å²) in [4.78, 5) is 25.2. The van der Waals surface area contributed by atoms with E-state index in [2.05, 4.69) is 17.3 Å². The number of aryl methyl sites for hydroxylation is 1. The van der Waals surface area contributed by atoms with E-state index in [1.807, 2.05) is 0 Å². The molecule has 9 heteroatoms. The maximum absolute atomic E-state index is 12.7. The highest BCUT2D eigenvalue weighted by Gasteiger charge is 2.34. The van der Waals surface area contributed by atoms with Crippen LogP contribution in [-0.4, -0.2) is 54.7 Å². The first-order valence-corrected chi connectivity index (χ1v) is 11.4. The summed E-state index contributed by atoms with van der Waals surface area (Å²) in [5.41, 5.74) is 0.233. The summed E-state index contributed by atoms with van der Waals surface area (Å²) in [7, 11) is -3.18. The number of carbonyl (C=O) groups is 2. The summed E-state index contributed by atoms with van der Waals surface area (Å²) in [6, 6.07) is 0.811. The van der Waals surface area contributed by atoms with Gasteiger partial charge in [-0.25, -0.2) is 13.2 Å². The molecule has 0 aromatic carbocycles. The van der Waals surface area contributed by atoms with Crippen LogP contribution in [0.25, 0.3) is 0 Å². The van der Waals surface area contributed by atoms with Crippen molar-refractivity contribution >= 4 is 21.7 Å². The molecule has 1 N–H and O–H groups in total. The maximum Gasteiger partial charge on any atom is 0.328 e. The molecular formula is C18H29N3O5S. The molecule has 2 rings (SSSR count). The average Bonchev–Trinajstić information content (AvgIpc) is 3.07. The van der Waals surface area contributed by atoms with Crippen molar-refractivity contribution in [3.8, 4) is 0 Å². The van der Waals surface area contributed by atoms with Gasteiger partial charge in [0.15, 0.2) is 0 Å². The van der Waals surface area contributed by atoms with E-state index in [0.717, 1.165) is 31.9 Å². The normalized spacial score (nSPS) is 21.4. The Balaban J connectivity index is 2.11. The quantitative estimate of drug-likeness (QED) is 0.663. The van der Waals surface area contributed by atoms with Gasteiger partial charge in [-0.1, -0.05) is 19.8 Å². The maximum atomic E-state index is 12.7. The molecule has 1 aliphatic rings. The molecule has 1 amide bonds. The Morgan fingerprint density at radius 3 is 2.59 bits per heavy atom. The van der Waals surface area contributed by atoms with Crippen molar-refractivity contribution in [3.05, 3.63) is 18.0 Å². The lowest BCUT2D eigenvalue weighted by molar-refractivity contribution is -0.147. The Bertz CT molecular complexity index is 751. The van der Waals surface area contributed by atoms with Gasteiger partial charge in [0.2, 0.25) is 0 Å². The molecule has 1 saturated carbocycles. The van der Waals surface area contributed by atoms with Gasteiger partial charge in [0.1, 0.15) is 21.6 Å². The largest absolute Gasteiger partial charge is 0.464 e. The summed E-state index contributed by atoms with van der Waals surface area (Å²) in [6.45, 7) is 4.26. The van der Waals surface area contributed by atoms with E-state index in [-0.39, 0.29) is 30.5 Å². The molecule has 0 aliphatic heterocycles. The van der Waals surface area contributed by atoms with E-state index in [1.54, 1.807) is 6.92 Å². The van der Waals surface area contributed by atoms with Crippen LogP contribution >= 0.6 is 0 Å². The highest BCUT2D eigenvalue weighted by Crippen LogP contribution is 2.31. The molecule has 1 heterocycles. The number of carbonyl (C=O) groups excluding carboxylic acids is 2. The molecule has 1 fully saturated rings. The Morgan fingerprint density at radius 1 is 1.33 bits per heavy atom. The first kappa shape index (κ1) is 21.4. The van der Waals surface area contributed by atoms with Gasteiger partial charge >= 0.3 is 5.97 Å². The van der Waals surface area contributed by atoms with Gasteiger partial charge in [-0.05, 0) is 37.7 Å². The van der Waals surface area contributed by atoms with Gasteiger partial charge in [-0.15, -0.1) is 0 Å². The van der Waals surface area contributed by atoms with E-state index < -0.39 is 27.8 Å². The fraction of sp³-hybridized carbons (Fsp3) is 0.722. The van der Waals surface area contributed by atoms with E-state index in [0.29, 0.717) is 5.92 Å². The highest BCUT2D eigenvalue weighted by molar-refractivity contribution is 7.90. The molecule has 0 spiro atoms. The number of hydrogen-bond acceptors (Lipinski definition) is 6. The molecular weight excluding hydrogens is 370 g/mol. The zero-order valence-corrected chi connectivity index (χ0v) is 17.0. The third-order valence-corrected chi connectivity index (χ3v) is 5.91. The van der Waals surface area contributed by atoms with Crippen molar-refractivity contribution in [2.24, 2.45) is 11.8 Å². The molecule has 27 heavy (non-hydrogen) atoms.